The number of rotatable bonds is 7. The predicted molar refractivity (Wildman–Crippen MR) is 118 cm³/mol. The summed E-state index contributed by atoms with van der Waals surface area (Å²) in [5.41, 5.74) is 3.41. The van der Waals surface area contributed by atoms with Crippen molar-refractivity contribution in [1.82, 2.24) is 20.0 Å². The maximum absolute atomic E-state index is 13.1. The standard InChI is InChI=1S/C24H30N4O3/c1-17-9-10-22(31-17)21(27-11-13-30-14-12-27)15-25-24(29)23-18(2)26-28(19(23)3)16-20-7-5-4-6-8-20/h4-10,21H,11-16H2,1-3H3,(H,25,29). The summed E-state index contributed by atoms with van der Waals surface area (Å²) in [6, 6.07) is 14.1. The molecule has 3 aromatic rings. The van der Waals surface area contributed by atoms with E-state index in [9.17, 15) is 4.79 Å². The first-order valence-electron chi connectivity index (χ1n) is 10.8. The van der Waals surface area contributed by atoms with Crippen LogP contribution >= 0.6 is 0 Å². The molecular weight excluding hydrogens is 392 g/mol. The molecule has 164 valence electrons. The number of nitrogens with one attached hydrogen (secondary N) is 1. The van der Waals surface area contributed by atoms with Crippen molar-refractivity contribution in [2.24, 2.45) is 0 Å². The van der Waals surface area contributed by atoms with Gasteiger partial charge in [-0.2, -0.15) is 5.10 Å². The van der Waals surface area contributed by atoms with Crippen LogP contribution in [0.15, 0.2) is 46.9 Å². The monoisotopic (exact) mass is 422 g/mol. The molecule has 1 unspecified atom stereocenters. The van der Waals surface area contributed by atoms with Crippen LogP contribution in [0.25, 0.3) is 0 Å². The molecule has 1 atom stereocenters. The molecule has 0 radical (unpaired) electrons. The molecule has 0 saturated carbocycles. The summed E-state index contributed by atoms with van der Waals surface area (Å²) in [6.07, 6.45) is 0. The summed E-state index contributed by atoms with van der Waals surface area (Å²) in [6.45, 7) is 9.89. The Morgan fingerprint density at radius 3 is 2.52 bits per heavy atom. The Labute approximate surface area is 183 Å². The summed E-state index contributed by atoms with van der Waals surface area (Å²) in [7, 11) is 0. The number of nitrogens with zero attached hydrogens (tertiary/aromatic N) is 3. The maximum Gasteiger partial charge on any atom is 0.255 e. The minimum Gasteiger partial charge on any atom is -0.465 e. The van der Waals surface area contributed by atoms with Crippen molar-refractivity contribution in [3.63, 3.8) is 0 Å². The highest BCUT2D eigenvalue weighted by molar-refractivity contribution is 5.96. The molecule has 1 saturated heterocycles. The van der Waals surface area contributed by atoms with E-state index in [0.29, 0.717) is 31.9 Å². The molecule has 0 bridgehead atoms. The number of aromatic nitrogens is 2. The molecule has 1 fully saturated rings. The Morgan fingerprint density at radius 1 is 1.10 bits per heavy atom. The fourth-order valence-corrected chi connectivity index (χ4v) is 4.14. The highest BCUT2D eigenvalue weighted by Crippen LogP contribution is 2.24. The first kappa shape index (κ1) is 21.3. The van der Waals surface area contributed by atoms with Crippen LogP contribution < -0.4 is 5.32 Å². The van der Waals surface area contributed by atoms with E-state index in [1.54, 1.807) is 0 Å². The third-order valence-electron chi connectivity index (χ3n) is 5.82. The number of benzene rings is 1. The molecule has 7 nitrogen and oxygen atoms in total. The van der Waals surface area contributed by atoms with E-state index in [1.807, 2.05) is 55.8 Å². The van der Waals surface area contributed by atoms with Crippen molar-refractivity contribution >= 4 is 5.91 Å². The highest BCUT2D eigenvalue weighted by atomic mass is 16.5. The highest BCUT2D eigenvalue weighted by Gasteiger charge is 2.27. The van der Waals surface area contributed by atoms with Crippen molar-refractivity contribution in [3.05, 3.63) is 76.5 Å². The number of hydrogen-bond donors (Lipinski definition) is 1. The summed E-state index contributed by atoms with van der Waals surface area (Å²) in [5, 5.41) is 7.74. The second-order valence-electron chi connectivity index (χ2n) is 8.01. The summed E-state index contributed by atoms with van der Waals surface area (Å²) in [4.78, 5) is 15.4. The molecular formula is C24H30N4O3. The van der Waals surface area contributed by atoms with Gasteiger partial charge in [0.05, 0.1) is 37.1 Å². The number of morpholine rings is 1. The van der Waals surface area contributed by atoms with Gasteiger partial charge in [-0.1, -0.05) is 30.3 Å². The van der Waals surface area contributed by atoms with Crippen LogP contribution in [0.1, 0.15) is 44.9 Å². The Balaban J connectivity index is 1.49. The van der Waals surface area contributed by atoms with E-state index in [1.165, 1.54) is 0 Å². The van der Waals surface area contributed by atoms with Gasteiger partial charge in [0.1, 0.15) is 11.5 Å². The number of ether oxygens (including phenoxy) is 1. The average Bonchev–Trinajstić information content (AvgIpc) is 3.32. The van der Waals surface area contributed by atoms with Gasteiger partial charge >= 0.3 is 0 Å². The smallest absolute Gasteiger partial charge is 0.255 e. The van der Waals surface area contributed by atoms with E-state index in [0.717, 1.165) is 41.6 Å². The molecule has 0 spiro atoms. The third kappa shape index (κ3) is 4.89. The predicted octanol–water partition coefficient (Wildman–Crippen LogP) is 3.25. The number of aryl methyl sites for hydroxylation is 2. The molecule has 1 aliphatic heterocycles. The first-order valence-corrected chi connectivity index (χ1v) is 10.8. The summed E-state index contributed by atoms with van der Waals surface area (Å²) >= 11 is 0. The Bertz CT molecular complexity index is 1020. The molecule has 0 aliphatic carbocycles. The lowest BCUT2D eigenvalue weighted by atomic mass is 10.1. The summed E-state index contributed by atoms with van der Waals surface area (Å²) in [5.74, 6) is 1.64. The Kier molecular flexibility index (Phi) is 6.53. The number of carbonyl (C=O) groups excluding carboxylic acids is 1. The zero-order valence-corrected chi connectivity index (χ0v) is 18.4. The third-order valence-corrected chi connectivity index (χ3v) is 5.82. The Hall–Kier alpha value is -2.90. The van der Waals surface area contributed by atoms with Crippen LogP contribution in [0.2, 0.25) is 0 Å². The van der Waals surface area contributed by atoms with Crippen molar-refractivity contribution in [1.29, 1.82) is 0 Å². The van der Waals surface area contributed by atoms with Crippen molar-refractivity contribution in [2.45, 2.75) is 33.4 Å². The molecule has 1 N–H and O–H groups in total. The lowest BCUT2D eigenvalue weighted by Gasteiger charge is -2.33. The van der Waals surface area contributed by atoms with E-state index in [-0.39, 0.29) is 11.9 Å². The van der Waals surface area contributed by atoms with Gasteiger partial charge in [0.15, 0.2) is 0 Å². The fraction of sp³-hybridized carbons (Fsp3) is 0.417. The van der Waals surface area contributed by atoms with Gasteiger partial charge in [-0.05, 0) is 38.5 Å². The van der Waals surface area contributed by atoms with Gasteiger partial charge in [0.2, 0.25) is 0 Å². The van der Waals surface area contributed by atoms with E-state index in [2.05, 4.69) is 27.4 Å². The van der Waals surface area contributed by atoms with Crippen molar-refractivity contribution in [3.8, 4) is 0 Å². The number of amides is 1. The molecule has 3 heterocycles. The minimum absolute atomic E-state index is 0.0264. The minimum atomic E-state index is -0.101. The zero-order chi connectivity index (χ0) is 21.8. The van der Waals surface area contributed by atoms with Gasteiger partial charge in [-0.25, -0.2) is 0 Å². The first-order chi connectivity index (χ1) is 15.0. The van der Waals surface area contributed by atoms with Crippen molar-refractivity contribution < 1.29 is 13.9 Å². The zero-order valence-electron chi connectivity index (χ0n) is 18.4. The normalized spacial score (nSPS) is 15.7. The molecule has 1 amide bonds. The fourth-order valence-electron chi connectivity index (χ4n) is 4.14. The molecule has 7 heteroatoms. The Morgan fingerprint density at radius 2 is 1.84 bits per heavy atom. The van der Waals surface area contributed by atoms with E-state index < -0.39 is 0 Å². The molecule has 4 rings (SSSR count). The number of hydrogen-bond acceptors (Lipinski definition) is 5. The van der Waals surface area contributed by atoms with Crippen LogP contribution in [0.4, 0.5) is 0 Å². The second kappa shape index (κ2) is 9.49. The quantitative estimate of drug-likeness (QED) is 0.633. The molecule has 31 heavy (non-hydrogen) atoms. The topological polar surface area (TPSA) is 72.5 Å². The van der Waals surface area contributed by atoms with Crippen LogP contribution in [0.5, 0.6) is 0 Å². The SMILES string of the molecule is Cc1ccc(C(CNC(=O)c2c(C)nn(Cc3ccccc3)c2C)N2CCOCC2)o1. The maximum atomic E-state index is 13.1. The lowest BCUT2D eigenvalue weighted by Crippen LogP contribution is -2.43. The van der Waals surface area contributed by atoms with E-state index >= 15 is 0 Å². The van der Waals surface area contributed by atoms with Crippen LogP contribution in [-0.4, -0.2) is 53.4 Å². The lowest BCUT2D eigenvalue weighted by molar-refractivity contribution is 0.0117. The van der Waals surface area contributed by atoms with Gasteiger partial charge in [0.25, 0.3) is 5.91 Å². The molecule has 2 aromatic heterocycles. The van der Waals surface area contributed by atoms with E-state index in [4.69, 9.17) is 9.15 Å². The second-order valence-corrected chi connectivity index (χ2v) is 8.01. The number of furan rings is 1. The largest absolute Gasteiger partial charge is 0.465 e. The molecule has 1 aliphatic rings. The van der Waals surface area contributed by atoms with Gasteiger partial charge in [-0.15, -0.1) is 0 Å². The van der Waals surface area contributed by atoms with Gasteiger partial charge in [0, 0.05) is 25.3 Å². The van der Waals surface area contributed by atoms with Crippen LogP contribution in [-0.2, 0) is 11.3 Å². The van der Waals surface area contributed by atoms with Crippen LogP contribution in [0, 0.1) is 20.8 Å². The number of carbonyl (C=O) groups is 1. The van der Waals surface area contributed by atoms with Crippen LogP contribution in [0.3, 0.4) is 0 Å². The summed E-state index contributed by atoms with van der Waals surface area (Å²) < 4.78 is 13.3. The molecule has 1 aromatic carbocycles. The van der Waals surface area contributed by atoms with Gasteiger partial charge < -0.3 is 14.5 Å². The van der Waals surface area contributed by atoms with Gasteiger partial charge in [-0.3, -0.25) is 14.4 Å². The van der Waals surface area contributed by atoms with Crippen molar-refractivity contribution in [2.75, 3.05) is 32.8 Å². The average molecular weight is 423 g/mol.